The number of hydrogen-bond acceptors (Lipinski definition) is 4. The van der Waals surface area contributed by atoms with Crippen LogP contribution >= 0.6 is 31.9 Å². The molecular formula is C17H16Br2N2O3. The van der Waals surface area contributed by atoms with E-state index in [1.54, 1.807) is 12.1 Å². The predicted molar refractivity (Wildman–Crippen MR) is 101 cm³/mol. The molecule has 2 N–H and O–H groups in total. The van der Waals surface area contributed by atoms with E-state index in [1.807, 2.05) is 25.1 Å². The number of ether oxygens (including phenoxy) is 2. The number of hydrogen-bond donors (Lipinski definition) is 2. The molecule has 0 aromatic heterocycles. The van der Waals surface area contributed by atoms with Gasteiger partial charge < -0.3 is 20.1 Å². The number of nitrogens with one attached hydrogen (secondary N) is 2. The van der Waals surface area contributed by atoms with Crippen molar-refractivity contribution in [2.75, 3.05) is 30.4 Å². The third kappa shape index (κ3) is 4.02. The Morgan fingerprint density at radius 3 is 2.50 bits per heavy atom. The highest BCUT2D eigenvalue weighted by Gasteiger charge is 2.16. The topological polar surface area (TPSA) is 59.6 Å². The van der Waals surface area contributed by atoms with Crippen molar-refractivity contribution in [3.05, 3.63) is 44.8 Å². The predicted octanol–water partition coefficient (Wildman–Crippen LogP) is 4.34. The van der Waals surface area contributed by atoms with Gasteiger partial charge in [-0.05, 0) is 46.6 Å². The van der Waals surface area contributed by atoms with E-state index in [0.29, 0.717) is 30.4 Å². The summed E-state index contributed by atoms with van der Waals surface area (Å²) in [6, 6.07) is 9.44. The van der Waals surface area contributed by atoms with Crippen LogP contribution in [0.15, 0.2) is 39.3 Å². The van der Waals surface area contributed by atoms with Crippen LogP contribution in [0.5, 0.6) is 11.5 Å². The van der Waals surface area contributed by atoms with E-state index in [1.165, 1.54) is 0 Å². The maximum Gasteiger partial charge on any atom is 0.243 e. The van der Waals surface area contributed by atoms with E-state index in [0.717, 1.165) is 20.2 Å². The molecule has 126 valence electrons. The van der Waals surface area contributed by atoms with Gasteiger partial charge in [-0.15, -0.1) is 0 Å². The van der Waals surface area contributed by atoms with E-state index in [4.69, 9.17) is 9.47 Å². The van der Waals surface area contributed by atoms with Crippen LogP contribution in [0.2, 0.25) is 0 Å². The quantitative estimate of drug-likeness (QED) is 0.719. The lowest BCUT2D eigenvalue weighted by molar-refractivity contribution is -0.114. The second-order valence-electron chi connectivity index (χ2n) is 5.34. The van der Waals surface area contributed by atoms with Gasteiger partial charge in [0.05, 0.1) is 12.2 Å². The first kappa shape index (κ1) is 17.1. The van der Waals surface area contributed by atoms with Crippen LogP contribution in [0.1, 0.15) is 5.56 Å². The minimum absolute atomic E-state index is 0.144. The van der Waals surface area contributed by atoms with E-state index >= 15 is 0 Å². The minimum Gasteiger partial charge on any atom is -0.486 e. The molecule has 2 aromatic rings. The summed E-state index contributed by atoms with van der Waals surface area (Å²) in [4.78, 5) is 12.2. The van der Waals surface area contributed by atoms with Gasteiger partial charge in [0.25, 0.3) is 0 Å². The van der Waals surface area contributed by atoms with Gasteiger partial charge in [-0.1, -0.05) is 15.9 Å². The number of amides is 1. The third-order valence-corrected chi connectivity index (χ3v) is 4.68. The number of halogens is 2. The lowest BCUT2D eigenvalue weighted by atomic mass is 10.2. The molecule has 0 fully saturated rings. The van der Waals surface area contributed by atoms with Gasteiger partial charge in [0.2, 0.25) is 5.91 Å². The standard InChI is InChI=1S/C17H16Br2N2O3/c1-10-6-11(18)2-3-13(10)20-9-17(22)21-14-8-16-15(7-12(14)19)23-4-5-24-16/h2-3,6-8,20H,4-5,9H2,1H3,(H,21,22). The van der Waals surface area contributed by atoms with Crippen molar-refractivity contribution >= 4 is 49.1 Å². The van der Waals surface area contributed by atoms with Crippen molar-refractivity contribution in [3.8, 4) is 11.5 Å². The number of aryl methyl sites for hydroxylation is 1. The van der Waals surface area contributed by atoms with Gasteiger partial charge in [0.15, 0.2) is 11.5 Å². The summed E-state index contributed by atoms with van der Waals surface area (Å²) in [5.74, 6) is 1.17. The zero-order valence-corrected chi connectivity index (χ0v) is 16.2. The molecule has 1 aliphatic heterocycles. The van der Waals surface area contributed by atoms with E-state index in [-0.39, 0.29) is 12.5 Å². The highest BCUT2D eigenvalue weighted by molar-refractivity contribution is 9.10. The van der Waals surface area contributed by atoms with Gasteiger partial charge in [-0.25, -0.2) is 0 Å². The fraction of sp³-hybridized carbons (Fsp3) is 0.235. The molecule has 0 saturated carbocycles. The Balaban J connectivity index is 1.64. The number of rotatable bonds is 4. The first-order valence-corrected chi connectivity index (χ1v) is 9.00. The van der Waals surface area contributed by atoms with Crippen molar-refractivity contribution in [1.29, 1.82) is 0 Å². The lowest BCUT2D eigenvalue weighted by Gasteiger charge is -2.20. The molecule has 5 nitrogen and oxygen atoms in total. The Morgan fingerprint density at radius 1 is 1.08 bits per heavy atom. The molecule has 7 heteroatoms. The van der Waals surface area contributed by atoms with E-state index in [2.05, 4.69) is 42.5 Å². The number of anilines is 2. The molecule has 1 heterocycles. The number of fused-ring (bicyclic) bond motifs is 1. The van der Waals surface area contributed by atoms with Crippen molar-refractivity contribution in [2.24, 2.45) is 0 Å². The van der Waals surface area contributed by atoms with Gasteiger partial charge in [-0.2, -0.15) is 0 Å². The van der Waals surface area contributed by atoms with Crippen molar-refractivity contribution in [1.82, 2.24) is 0 Å². The third-order valence-electron chi connectivity index (χ3n) is 3.53. The van der Waals surface area contributed by atoms with E-state index in [9.17, 15) is 4.79 Å². The molecule has 0 unspecified atom stereocenters. The van der Waals surface area contributed by atoms with Crippen LogP contribution in [0.25, 0.3) is 0 Å². The molecule has 0 spiro atoms. The van der Waals surface area contributed by atoms with E-state index < -0.39 is 0 Å². The molecule has 3 rings (SSSR count). The SMILES string of the molecule is Cc1cc(Br)ccc1NCC(=O)Nc1cc2c(cc1Br)OCCO2. The molecule has 0 atom stereocenters. The number of carbonyl (C=O) groups is 1. The summed E-state index contributed by atoms with van der Waals surface area (Å²) in [6.45, 7) is 3.19. The van der Waals surface area contributed by atoms with Crippen molar-refractivity contribution < 1.29 is 14.3 Å². The second-order valence-corrected chi connectivity index (χ2v) is 7.11. The summed E-state index contributed by atoms with van der Waals surface area (Å²) in [5.41, 5.74) is 2.64. The monoisotopic (exact) mass is 454 g/mol. The van der Waals surface area contributed by atoms with Crippen LogP contribution in [-0.4, -0.2) is 25.7 Å². The normalized spacial score (nSPS) is 12.6. The molecule has 1 amide bonds. The Hall–Kier alpha value is -1.73. The summed E-state index contributed by atoms with van der Waals surface area (Å²) in [7, 11) is 0. The fourth-order valence-corrected chi connectivity index (χ4v) is 3.25. The Bertz CT molecular complexity index is 781. The van der Waals surface area contributed by atoms with Crippen LogP contribution in [0.3, 0.4) is 0 Å². The molecule has 1 aliphatic rings. The zero-order valence-electron chi connectivity index (χ0n) is 13.0. The molecule has 2 aromatic carbocycles. The van der Waals surface area contributed by atoms with Crippen molar-refractivity contribution in [3.63, 3.8) is 0 Å². The highest BCUT2D eigenvalue weighted by atomic mass is 79.9. The largest absolute Gasteiger partial charge is 0.486 e. The lowest BCUT2D eigenvalue weighted by Crippen LogP contribution is -2.22. The molecular weight excluding hydrogens is 440 g/mol. The Morgan fingerprint density at radius 2 is 1.79 bits per heavy atom. The number of carbonyl (C=O) groups excluding carboxylic acids is 1. The maximum atomic E-state index is 12.2. The summed E-state index contributed by atoms with van der Waals surface area (Å²) < 4.78 is 12.8. The Kier molecular flexibility index (Phi) is 5.30. The molecule has 0 bridgehead atoms. The second kappa shape index (κ2) is 7.44. The van der Waals surface area contributed by atoms with Gasteiger partial charge in [0, 0.05) is 26.8 Å². The molecule has 0 radical (unpaired) electrons. The van der Waals surface area contributed by atoms with Crippen LogP contribution < -0.4 is 20.1 Å². The zero-order chi connectivity index (χ0) is 17.1. The molecule has 0 saturated heterocycles. The maximum absolute atomic E-state index is 12.2. The van der Waals surface area contributed by atoms with Crippen molar-refractivity contribution in [2.45, 2.75) is 6.92 Å². The summed E-state index contributed by atoms with van der Waals surface area (Å²) in [6.07, 6.45) is 0. The smallest absolute Gasteiger partial charge is 0.243 e. The first-order chi connectivity index (χ1) is 11.5. The molecule has 0 aliphatic carbocycles. The average molecular weight is 456 g/mol. The first-order valence-electron chi connectivity index (χ1n) is 7.42. The number of benzene rings is 2. The van der Waals surface area contributed by atoms with Gasteiger partial charge >= 0.3 is 0 Å². The van der Waals surface area contributed by atoms with Gasteiger partial charge in [0.1, 0.15) is 13.2 Å². The minimum atomic E-state index is -0.144. The fourth-order valence-electron chi connectivity index (χ4n) is 2.36. The highest BCUT2D eigenvalue weighted by Crippen LogP contribution is 2.38. The Labute approximate surface area is 157 Å². The molecule has 24 heavy (non-hydrogen) atoms. The van der Waals surface area contributed by atoms with Crippen LogP contribution in [0.4, 0.5) is 11.4 Å². The van der Waals surface area contributed by atoms with Crippen LogP contribution in [-0.2, 0) is 4.79 Å². The average Bonchev–Trinajstić information content (AvgIpc) is 2.55. The summed E-state index contributed by atoms with van der Waals surface area (Å²) >= 11 is 6.87. The van der Waals surface area contributed by atoms with Gasteiger partial charge in [-0.3, -0.25) is 4.79 Å². The van der Waals surface area contributed by atoms with Crippen LogP contribution in [0, 0.1) is 6.92 Å². The summed E-state index contributed by atoms with van der Waals surface area (Å²) in [5, 5.41) is 6.01.